The molecule has 0 aromatic heterocycles. The molecule has 0 aromatic carbocycles. The van der Waals surface area contributed by atoms with Crippen molar-refractivity contribution < 1.29 is 0 Å². The van der Waals surface area contributed by atoms with Crippen molar-refractivity contribution in [2.45, 2.75) is 44.7 Å². The van der Waals surface area contributed by atoms with Crippen molar-refractivity contribution in [3.8, 4) is 0 Å². The average molecular weight is 242 g/mol. The fourth-order valence-electron chi connectivity index (χ4n) is 3.05. The van der Waals surface area contributed by atoms with Gasteiger partial charge in [-0.25, -0.2) is 0 Å². The second-order valence-corrected chi connectivity index (χ2v) is 6.30. The van der Waals surface area contributed by atoms with Crippen LogP contribution in [0.3, 0.4) is 0 Å². The predicted octanol–water partition coefficient (Wildman–Crippen LogP) is 2.30. The summed E-state index contributed by atoms with van der Waals surface area (Å²) < 4.78 is 0. The van der Waals surface area contributed by atoms with Crippen LogP contribution in [0.1, 0.15) is 32.6 Å². The Bertz CT molecular complexity index is 210. The molecule has 0 bridgehead atoms. The first-order valence-corrected chi connectivity index (χ1v) is 8.17. The molecule has 0 amide bonds. The van der Waals surface area contributed by atoms with E-state index in [9.17, 15) is 0 Å². The lowest BCUT2D eigenvalue weighted by Gasteiger charge is -2.46. The highest BCUT2D eigenvalue weighted by atomic mass is 32.2. The van der Waals surface area contributed by atoms with Crippen LogP contribution in [-0.4, -0.2) is 60.1 Å². The van der Waals surface area contributed by atoms with Crippen molar-refractivity contribution in [2.75, 3.05) is 38.2 Å². The van der Waals surface area contributed by atoms with Crippen LogP contribution < -0.4 is 0 Å². The molecule has 2 heterocycles. The number of hydrogen-bond donors (Lipinski definition) is 0. The minimum atomic E-state index is 0.788. The Kier molecular flexibility index (Phi) is 4.98. The van der Waals surface area contributed by atoms with Crippen LogP contribution in [0, 0.1) is 0 Å². The van der Waals surface area contributed by atoms with E-state index in [4.69, 9.17) is 0 Å². The highest BCUT2D eigenvalue weighted by Crippen LogP contribution is 2.22. The van der Waals surface area contributed by atoms with Crippen LogP contribution in [0.4, 0.5) is 0 Å². The molecule has 2 aliphatic heterocycles. The zero-order chi connectivity index (χ0) is 11.4. The number of nitrogens with zero attached hydrogens (tertiary/aromatic N) is 2. The fraction of sp³-hybridized carbons (Fsp3) is 1.00. The Hall–Kier alpha value is 0.270. The molecule has 0 radical (unpaired) electrons. The summed E-state index contributed by atoms with van der Waals surface area (Å²) in [5.74, 6) is 1.31. The van der Waals surface area contributed by atoms with Gasteiger partial charge < -0.3 is 0 Å². The zero-order valence-corrected chi connectivity index (χ0v) is 11.6. The highest BCUT2D eigenvalue weighted by molar-refractivity contribution is 7.98. The first-order valence-electron chi connectivity index (χ1n) is 6.78. The van der Waals surface area contributed by atoms with Gasteiger partial charge in [-0.05, 0) is 44.7 Å². The normalized spacial score (nSPS) is 30.0. The van der Waals surface area contributed by atoms with E-state index < -0.39 is 0 Å². The molecular weight excluding hydrogens is 216 g/mol. The van der Waals surface area contributed by atoms with E-state index in [1.807, 2.05) is 11.8 Å². The fourth-order valence-corrected chi connectivity index (χ4v) is 3.63. The summed E-state index contributed by atoms with van der Waals surface area (Å²) in [5, 5.41) is 0. The lowest BCUT2D eigenvalue weighted by Crippen LogP contribution is -2.56. The largest absolute Gasteiger partial charge is 0.298 e. The molecule has 16 heavy (non-hydrogen) atoms. The summed E-state index contributed by atoms with van der Waals surface area (Å²) in [4.78, 5) is 5.45. The van der Waals surface area contributed by atoms with Crippen molar-refractivity contribution in [3.63, 3.8) is 0 Å². The minimum absolute atomic E-state index is 0.788. The Labute approximate surface area is 105 Å². The summed E-state index contributed by atoms with van der Waals surface area (Å²) in [6.45, 7) is 7.71. The van der Waals surface area contributed by atoms with Crippen LogP contribution in [0.5, 0.6) is 0 Å². The number of rotatable bonds is 4. The maximum atomic E-state index is 2.72. The van der Waals surface area contributed by atoms with Gasteiger partial charge in [0.1, 0.15) is 0 Å². The van der Waals surface area contributed by atoms with Gasteiger partial charge >= 0.3 is 0 Å². The van der Waals surface area contributed by atoms with E-state index in [2.05, 4.69) is 23.0 Å². The first-order chi connectivity index (χ1) is 7.81. The first kappa shape index (κ1) is 12.7. The number of piperazine rings is 1. The summed E-state index contributed by atoms with van der Waals surface area (Å²) in [7, 11) is 0. The molecule has 0 N–H and O–H groups in total. The van der Waals surface area contributed by atoms with Crippen molar-refractivity contribution >= 4 is 11.8 Å². The predicted molar refractivity (Wildman–Crippen MR) is 73.2 cm³/mol. The van der Waals surface area contributed by atoms with Crippen LogP contribution in [-0.2, 0) is 0 Å². The number of fused-ring (bicyclic) bond motifs is 1. The molecular formula is C13H26N2S. The van der Waals surface area contributed by atoms with Crippen molar-refractivity contribution in [2.24, 2.45) is 0 Å². The van der Waals surface area contributed by atoms with Gasteiger partial charge in [-0.2, -0.15) is 11.8 Å². The second kappa shape index (κ2) is 6.27. The van der Waals surface area contributed by atoms with Gasteiger partial charge in [-0.15, -0.1) is 0 Å². The molecule has 0 aromatic rings. The van der Waals surface area contributed by atoms with Gasteiger partial charge in [-0.3, -0.25) is 9.80 Å². The molecule has 2 atom stereocenters. The monoisotopic (exact) mass is 242 g/mol. The molecule has 2 fully saturated rings. The van der Waals surface area contributed by atoms with E-state index in [0.717, 1.165) is 12.1 Å². The van der Waals surface area contributed by atoms with Gasteiger partial charge in [0.05, 0.1) is 0 Å². The van der Waals surface area contributed by atoms with Gasteiger partial charge in [-0.1, -0.05) is 6.42 Å². The van der Waals surface area contributed by atoms with Crippen LogP contribution in [0.25, 0.3) is 0 Å². The smallest absolute Gasteiger partial charge is 0.0223 e. The number of thioether (sulfide) groups is 1. The van der Waals surface area contributed by atoms with Crippen LogP contribution in [0.2, 0.25) is 0 Å². The molecule has 2 aliphatic rings. The maximum absolute atomic E-state index is 2.72. The van der Waals surface area contributed by atoms with Gasteiger partial charge in [0, 0.05) is 31.7 Å². The summed E-state index contributed by atoms with van der Waals surface area (Å²) >= 11 is 1.98. The molecule has 2 saturated heterocycles. The van der Waals surface area contributed by atoms with E-state index in [0.29, 0.717) is 0 Å². The van der Waals surface area contributed by atoms with Crippen molar-refractivity contribution in [1.82, 2.24) is 9.80 Å². The lowest BCUT2D eigenvalue weighted by molar-refractivity contribution is 0.0306. The molecule has 2 rings (SSSR count). The SMILES string of the molecule is CSCCC(C)N1CCN2CCCCC2C1. The van der Waals surface area contributed by atoms with Crippen LogP contribution >= 0.6 is 11.8 Å². The highest BCUT2D eigenvalue weighted by Gasteiger charge is 2.30. The lowest BCUT2D eigenvalue weighted by atomic mass is 9.98. The Morgan fingerprint density at radius 3 is 2.94 bits per heavy atom. The Morgan fingerprint density at radius 2 is 2.12 bits per heavy atom. The molecule has 94 valence electrons. The number of hydrogen-bond acceptors (Lipinski definition) is 3. The standard InChI is InChI=1S/C13H26N2S/c1-12(6-10-16-2)15-9-8-14-7-4-3-5-13(14)11-15/h12-13H,3-11H2,1-2H3. The molecule has 0 spiro atoms. The quantitative estimate of drug-likeness (QED) is 0.747. The van der Waals surface area contributed by atoms with E-state index >= 15 is 0 Å². The minimum Gasteiger partial charge on any atom is -0.298 e. The molecule has 2 unspecified atom stereocenters. The maximum Gasteiger partial charge on any atom is 0.0223 e. The van der Waals surface area contributed by atoms with Crippen molar-refractivity contribution in [3.05, 3.63) is 0 Å². The van der Waals surface area contributed by atoms with Gasteiger partial charge in [0.15, 0.2) is 0 Å². The second-order valence-electron chi connectivity index (χ2n) is 5.31. The van der Waals surface area contributed by atoms with E-state index in [-0.39, 0.29) is 0 Å². The number of piperidine rings is 1. The molecule has 3 heteroatoms. The topological polar surface area (TPSA) is 6.48 Å². The van der Waals surface area contributed by atoms with Crippen molar-refractivity contribution in [1.29, 1.82) is 0 Å². The third-order valence-electron chi connectivity index (χ3n) is 4.23. The van der Waals surface area contributed by atoms with Gasteiger partial charge in [0.25, 0.3) is 0 Å². The summed E-state index contributed by atoms with van der Waals surface area (Å²) in [6.07, 6.45) is 7.89. The van der Waals surface area contributed by atoms with Gasteiger partial charge in [0.2, 0.25) is 0 Å². The van der Waals surface area contributed by atoms with Crippen LogP contribution in [0.15, 0.2) is 0 Å². The summed E-state index contributed by atoms with van der Waals surface area (Å²) in [5.41, 5.74) is 0. The third-order valence-corrected chi connectivity index (χ3v) is 4.88. The third kappa shape index (κ3) is 3.14. The molecule has 2 nitrogen and oxygen atoms in total. The molecule has 0 saturated carbocycles. The summed E-state index contributed by atoms with van der Waals surface area (Å²) in [6, 6.07) is 1.66. The van der Waals surface area contributed by atoms with E-state index in [1.165, 1.54) is 57.6 Å². The molecule has 0 aliphatic carbocycles. The average Bonchev–Trinajstić information content (AvgIpc) is 2.35. The Morgan fingerprint density at radius 1 is 1.25 bits per heavy atom. The van der Waals surface area contributed by atoms with E-state index in [1.54, 1.807) is 0 Å². The zero-order valence-electron chi connectivity index (χ0n) is 10.8. The Balaban J connectivity index is 1.79.